The van der Waals surface area contributed by atoms with Crippen LogP contribution in [0.5, 0.6) is 0 Å². The molecule has 0 fully saturated rings. The van der Waals surface area contributed by atoms with Crippen molar-refractivity contribution in [3.63, 3.8) is 0 Å². The second-order valence-electron chi connectivity index (χ2n) is 8.42. The summed E-state index contributed by atoms with van der Waals surface area (Å²) in [6, 6.07) is 17.3. The van der Waals surface area contributed by atoms with Crippen molar-refractivity contribution in [2.75, 3.05) is 17.5 Å². The maximum absolute atomic E-state index is 12.8. The van der Waals surface area contributed by atoms with Crippen molar-refractivity contribution in [1.82, 2.24) is 10.0 Å². The molecule has 36 heavy (non-hydrogen) atoms. The molecule has 9 nitrogen and oxygen atoms in total. The number of amides is 1. The molecule has 192 valence electrons. The lowest BCUT2D eigenvalue weighted by atomic mass is 10.0. The van der Waals surface area contributed by atoms with Gasteiger partial charge in [-0.05, 0) is 53.6 Å². The van der Waals surface area contributed by atoms with E-state index in [0.29, 0.717) is 12.8 Å². The lowest BCUT2D eigenvalue weighted by molar-refractivity contribution is -0.120. The summed E-state index contributed by atoms with van der Waals surface area (Å²) in [6.45, 7) is 1.53. The summed E-state index contributed by atoms with van der Waals surface area (Å²) in [7, 11) is -7.39. The van der Waals surface area contributed by atoms with Crippen LogP contribution in [0.2, 0.25) is 0 Å². The Hall–Kier alpha value is -3.28. The lowest BCUT2D eigenvalue weighted by Gasteiger charge is -2.18. The van der Waals surface area contributed by atoms with Gasteiger partial charge in [0.1, 0.15) is 0 Å². The van der Waals surface area contributed by atoms with Crippen molar-refractivity contribution >= 4 is 48.2 Å². The number of sulfonamides is 2. The van der Waals surface area contributed by atoms with Gasteiger partial charge in [0.15, 0.2) is 5.78 Å². The van der Waals surface area contributed by atoms with E-state index in [4.69, 9.17) is 0 Å². The molecule has 0 spiro atoms. The highest BCUT2D eigenvalue weighted by molar-refractivity contribution is 7.92. The van der Waals surface area contributed by atoms with Crippen LogP contribution >= 0.6 is 0 Å². The third-order valence-electron chi connectivity index (χ3n) is 5.48. The zero-order valence-electron chi connectivity index (χ0n) is 20.0. The van der Waals surface area contributed by atoms with Crippen LogP contribution in [-0.2, 0) is 24.8 Å². The fourth-order valence-corrected chi connectivity index (χ4v) is 5.03. The molecule has 11 heteroatoms. The fraction of sp³-hybridized carbons (Fsp3) is 0.280. The average molecular weight is 532 g/mol. The molecule has 3 N–H and O–H groups in total. The van der Waals surface area contributed by atoms with Gasteiger partial charge in [-0.15, -0.1) is 0 Å². The van der Waals surface area contributed by atoms with E-state index in [0.717, 1.165) is 23.4 Å². The smallest absolute Gasteiger partial charge is 0.261 e. The van der Waals surface area contributed by atoms with Gasteiger partial charge in [0.05, 0.1) is 23.7 Å². The van der Waals surface area contributed by atoms with Crippen LogP contribution in [-0.4, -0.2) is 47.4 Å². The van der Waals surface area contributed by atoms with Crippen LogP contribution < -0.4 is 14.8 Å². The minimum atomic E-state index is -3.85. The first-order valence-electron chi connectivity index (χ1n) is 11.4. The highest BCUT2D eigenvalue weighted by atomic mass is 32.2. The number of nitrogens with one attached hydrogen (secondary N) is 3. The molecule has 3 aromatic carbocycles. The molecule has 0 aromatic heterocycles. The van der Waals surface area contributed by atoms with Gasteiger partial charge in [-0.1, -0.05) is 50.1 Å². The van der Waals surface area contributed by atoms with Gasteiger partial charge in [0.2, 0.25) is 10.0 Å². The molecule has 0 aliphatic rings. The first-order valence-corrected chi connectivity index (χ1v) is 14.8. The molecule has 0 heterocycles. The number of hydrogen-bond donors (Lipinski definition) is 3. The van der Waals surface area contributed by atoms with Crippen molar-refractivity contribution in [2.45, 2.75) is 37.1 Å². The molecule has 0 aliphatic heterocycles. The molecule has 0 aliphatic carbocycles. The van der Waals surface area contributed by atoms with Gasteiger partial charge in [0.25, 0.3) is 15.9 Å². The van der Waals surface area contributed by atoms with Crippen molar-refractivity contribution in [3.05, 3.63) is 72.3 Å². The van der Waals surface area contributed by atoms with Crippen LogP contribution in [0.4, 0.5) is 5.69 Å². The number of hydrogen-bond acceptors (Lipinski definition) is 6. The summed E-state index contributed by atoms with van der Waals surface area (Å²) in [6.07, 6.45) is 2.79. The average Bonchev–Trinajstić information content (AvgIpc) is 2.84. The number of carbonyl (C=O) groups excluding carboxylic acids is 2. The van der Waals surface area contributed by atoms with Gasteiger partial charge in [-0.25, -0.2) is 21.6 Å². The molecule has 3 aromatic rings. The Kier molecular flexibility index (Phi) is 8.83. The number of carbonyl (C=O) groups is 2. The van der Waals surface area contributed by atoms with Crippen LogP contribution in [0, 0.1) is 0 Å². The van der Waals surface area contributed by atoms with Crippen molar-refractivity contribution < 1.29 is 26.4 Å². The predicted molar refractivity (Wildman–Crippen MR) is 140 cm³/mol. The van der Waals surface area contributed by atoms with E-state index < -0.39 is 44.3 Å². The molecular formula is C25H29N3O6S2. The molecule has 3 rings (SSSR count). The molecule has 1 amide bonds. The topological polar surface area (TPSA) is 139 Å². The van der Waals surface area contributed by atoms with Crippen LogP contribution in [0.25, 0.3) is 10.8 Å². The highest BCUT2D eigenvalue weighted by Gasteiger charge is 2.22. The number of ketones is 1. The van der Waals surface area contributed by atoms with Crippen LogP contribution in [0.3, 0.4) is 0 Å². The second kappa shape index (κ2) is 11.6. The quantitative estimate of drug-likeness (QED) is 0.328. The molecule has 0 saturated carbocycles. The molecule has 0 bridgehead atoms. The predicted octanol–water partition coefficient (Wildman–Crippen LogP) is 3.05. The van der Waals surface area contributed by atoms with Gasteiger partial charge < -0.3 is 5.32 Å². The monoisotopic (exact) mass is 531 g/mol. The first kappa shape index (κ1) is 27.3. The largest absolute Gasteiger partial charge is 0.342 e. The summed E-state index contributed by atoms with van der Waals surface area (Å²) in [5, 5.41) is 4.38. The molecule has 0 radical (unpaired) electrons. The highest BCUT2D eigenvalue weighted by Crippen LogP contribution is 2.21. The summed E-state index contributed by atoms with van der Waals surface area (Å²) >= 11 is 0. The number of fused-ring (bicyclic) bond motifs is 1. The second-order valence-corrected chi connectivity index (χ2v) is 11.9. The number of Topliss-reactive ketones (excluding diaryl/α,β-unsaturated/α-hetero) is 1. The Balaban J connectivity index is 1.69. The molecule has 0 saturated heterocycles. The number of benzene rings is 3. The molecule has 1 unspecified atom stereocenters. The molecular weight excluding hydrogens is 502 g/mol. The van der Waals surface area contributed by atoms with Crippen molar-refractivity contribution in [3.8, 4) is 0 Å². The van der Waals surface area contributed by atoms with Crippen LogP contribution in [0.1, 0.15) is 36.5 Å². The maximum Gasteiger partial charge on any atom is 0.261 e. The van der Waals surface area contributed by atoms with Crippen molar-refractivity contribution in [2.24, 2.45) is 0 Å². The van der Waals surface area contributed by atoms with Crippen molar-refractivity contribution in [1.29, 1.82) is 0 Å². The van der Waals surface area contributed by atoms with Gasteiger partial charge in [-0.3, -0.25) is 14.3 Å². The Morgan fingerprint density at radius 2 is 1.56 bits per heavy atom. The summed E-state index contributed by atoms with van der Waals surface area (Å²) in [5.41, 5.74) is 0.504. The summed E-state index contributed by atoms with van der Waals surface area (Å²) in [5.74, 6) is -0.963. The van der Waals surface area contributed by atoms with E-state index in [9.17, 15) is 26.4 Å². The zero-order chi connectivity index (χ0) is 26.3. The Morgan fingerprint density at radius 1 is 0.889 bits per heavy atom. The Morgan fingerprint density at radius 3 is 2.19 bits per heavy atom. The minimum Gasteiger partial charge on any atom is -0.342 e. The third kappa shape index (κ3) is 7.61. The van der Waals surface area contributed by atoms with E-state index in [1.807, 2.05) is 31.2 Å². The standard InChI is InChI=1S/C25H29N3O6S2/c1-3-4-9-23(24(29)17-26-35(2,31)32)27-25(30)19-10-13-21(14-11-19)28-36(33,34)22-15-12-18-7-5-6-8-20(18)16-22/h5-8,10-16,23,26,28H,3-4,9,17H2,1-2H3,(H,27,30). The van der Waals surface area contributed by atoms with E-state index in [2.05, 4.69) is 14.8 Å². The van der Waals surface area contributed by atoms with Gasteiger partial charge in [-0.2, -0.15) is 0 Å². The van der Waals surface area contributed by atoms with E-state index >= 15 is 0 Å². The maximum atomic E-state index is 12.8. The van der Waals surface area contributed by atoms with Crippen LogP contribution in [0.15, 0.2) is 71.6 Å². The molecule has 1 atom stereocenters. The first-order chi connectivity index (χ1) is 17.0. The summed E-state index contributed by atoms with van der Waals surface area (Å²) < 4.78 is 52.9. The van der Waals surface area contributed by atoms with Gasteiger partial charge >= 0.3 is 0 Å². The minimum absolute atomic E-state index is 0.114. The summed E-state index contributed by atoms with van der Waals surface area (Å²) in [4.78, 5) is 25.3. The zero-order valence-corrected chi connectivity index (χ0v) is 21.7. The van der Waals surface area contributed by atoms with E-state index in [-0.39, 0.29) is 16.1 Å². The lowest BCUT2D eigenvalue weighted by Crippen LogP contribution is -2.45. The van der Waals surface area contributed by atoms with E-state index in [1.165, 1.54) is 30.3 Å². The number of rotatable bonds is 12. The SMILES string of the molecule is CCCCC(NC(=O)c1ccc(NS(=O)(=O)c2ccc3ccccc3c2)cc1)C(=O)CNS(C)(=O)=O. The fourth-order valence-electron chi connectivity index (χ4n) is 3.53. The van der Waals surface area contributed by atoms with E-state index in [1.54, 1.807) is 12.1 Å². The Labute approximate surface area is 211 Å². The number of unbranched alkanes of at least 4 members (excludes halogenated alkanes) is 1. The third-order valence-corrected chi connectivity index (χ3v) is 7.53. The Bertz CT molecular complexity index is 1450. The number of anilines is 1. The normalized spacial score (nSPS) is 12.7. The van der Waals surface area contributed by atoms with Gasteiger partial charge in [0, 0.05) is 11.3 Å².